The van der Waals surface area contributed by atoms with E-state index in [1.807, 2.05) is 17.5 Å². The molecular formula is C18H16N2O3S. The number of hydrogen-bond acceptors (Lipinski definition) is 5. The van der Waals surface area contributed by atoms with Crippen molar-refractivity contribution < 1.29 is 14.0 Å². The molecule has 2 aromatic heterocycles. The molecule has 0 radical (unpaired) electrons. The number of ketones is 1. The van der Waals surface area contributed by atoms with Crippen LogP contribution in [0.5, 0.6) is 0 Å². The summed E-state index contributed by atoms with van der Waals surface area (Å²) in [5.74, 6) is 0.809. The fourth-order valence-electron chi connectivity index (χ4n) is 2.34. The fourth-order valence-corrected chi connectivity index (χ4v) is 2.99. The summed E-state index contributed by atoms with van der Waals surface area (Å²) >= 11 is 1.53. The maximum absolute atomic E-state index is 12.3. The minimum absolute atomic E-state index is 0.0902. The summed E-state index contributed by atoms with van der Waals surface area (Å²) < 4.78 is 5.64. The van der Waals surface area contributed by atoms with Gasteiger partial charge in [-0.15, -0.1) is 11.3 Å². The van der Waals surface area contributed by atoms with Crippen molar-refractivity contribution in [2.45, 2.75) is 20.3 Å². The molecule has 0 saturated heterocycles. The first-order valence-corrected chi connectivity index (χ1v) is 8.32. The molecule has 1 N–H and O–H groups in total. The zero-order chi connectivity index (χ0) is 17.1. The first kappa shape index (κ1) is 16.1. The van der Waals surface area contributed by atoms with E-state index in [4.69, 9.17) is 4.42 Å². The van der Waals surface area contributed by atoms with Crippen LogP contribution in [-0.4, -0.2) is 16.7 Å². The molecule has 24 heavy (non-hydrogen) atoms. The van der Waals surface area contributed by atoms with Crippen molar-refractivity contribution in [3.05, 3.63) is 58.8 Å². The van der Waals surface area contributed by atoms with E-state index in [-0.39, 0.29) is 18.1 Å². The molecule has 1 aromatic carbocycles. The third-order valence-electron chi connectivity index (χ3n) is 3.53. The number of nitrogens with zero attached hydrogens (tertiary/aromatic N) is 1. The number of thiophene rings is 1. The number of nitrogens with one attached hydrogen (secondary N) is 1. The van der Waals surface area contributed by atoms with E-state index < -0.39 is 0 Å². The minimum atomic E-state index is -0.238. The summed E-state index contributed by atoms with van der Waals surface area (Å²) in [5.41, 5.74) is 1.59. The zero-order valence-corrected chi connectivity index (χ0v) is 14.1. The van der Waals surface area contributed by atoms with Crippen LogP contribution in [0, 0.1) is 6.92 Å². The summed E-state index contributed by atoms with van der Waals surface area (Å²) in [5, 5.41) is 4.72. The monoisotopic (exact) mass is 340 g/mol. The van der Waals surface area contributed by atoms with E-state index in [0.29, 0.717) is 28.6 Å². The molecule has 6 heteroatoms. The number of carbonyl (C=O) groups excluding carboxylic acids is 2. The second-order valence-electron chi connectivity index (χ2n) is 5.33. The smallest absolute Gasteiger partial charge is 0.236 e. The van der Waals surface area contributed by atoms with Crippen LogP contribution in [0.25, 0.3) is 10.8 Å². The van der Waals surface area contributed by atoms with E-state index in [1.165, 1.54) is 18.3 Å². The van der Waals surface area contributed by atoms with Gasteiger partial charge in [0.15, 0.2) is 5.78 Å². The number of Topliss-reactive ketones (excluding diaryl/α,β-unsaturated/α-hetero) is 1. The summed E-state index contributed by atoms with van der Waals surface area (Å²) in [7, 11) is 0. The molecule has 3 aromatic rings. The molecule has 122 valence electrons. The van der Waals surface area contributed by atoms with Crippen LogP contribution < -0.4 is 5.32 Å². The highest BCUT2D eigenvalue weighted by Crippen LogP contribution is 2.26. The quantitative estimate of drug-likeness (QED) is 0.710. The Balaban J connectivity index is 1.75. The number of aromatic nitrogens is 1. The molecule has 1 amide bonds. The molecule has 3 rings (SSSR count). The highest BCUT2D eigenvalue weighted by Gasteiger charge is 2.16. The summed E-state index contributed by atoms with van der Waals surface area (Å²) in [6, 6.07) is 10.8. The van der Waals surface area contributed by atoms with E-state index in [9.17, 15) is 9.59 Å². The predicted octanol–water partition coefficient (Wildman–Crippen LogP) is 4.10. The van der Waals surface area contributed by atoms with Crippen molar-refractivity contribution in [3.8, 4) is 10.8 Å². The first-order valence-electron chi connectivity index (χ1n) is 7.44. The highest BCUT2D eigenvalue weighted by molar-refractivity contribution is 7.13. The van der Waals surface area contributed by atoms with Gasteiger partial charge in [0.25, 0.3) is 0 Å². The lowest BCUT2D eigenvalue weighted by Gasteiger charge is -2.08. The molecule has 2 heterocycles. The van der Waals surface area contributed by atoms with E-state index in [1.54, 1.807) is 31.2 Å². The van der Waals surface area contributed by atoms with Gasteiger partial charge >= 0.3 is 0 Å². The standard InChI is InChI=1S/C18H16N2O3S/c1-11(21)13-6-3-4-7-14(13)19-17(22)10-15-12(2)23-18(20-15)16-8-5-9-24-16/h3-9H,10H2,1-2H3,(H,19,22). The third-order valence-corrected chi connectivity index (χ3v) is 4.39. The fraction of sp³-hybridized carbons (Fsp3) is 0.167. The second-order valence-corrected chi connectivity index (χ2v) is 6.27. The lowest BCUT2D eigenvalue weighted by Crippen LogP contribution is -2.17. The topological polar surface area (TPSA) is 72.2 Å². The normalized spacial score (nSPS) is 10.6. The Morgan fingerprint density at radius 3 is 2.71 bits per heavy atom. The molecule has 0 fully saturated rings. The minimum Gasteiger partial charge on any atom is -0.440 e. The van der Waals surface area contributed by atoms with Crippen LogP contribution in [0.15, 0.2) is 46.2 Å². The van der Waals surface area contributed by atoms with E-state index in [2.05, 4.69) is 10.3 Å². The van der Waals surface area contributed by atoms with Crippen molar-refractivity contribution in [2.24, 2.45) is 0 Å². The van der Waals surface area contributed by atoms with Crippen molar-refractivity contribution in [1.29, 1.82) is 0 Å². The van der Waals surface area contributed by atoms with Crippen molar-refractivity contribution in [3.63, 3.8) is 0 Å². The molecule has 0 aliphatic rings. The zero-order valence-electron chi connectivity index (χ0n) is 13.3. The van der Waals surface area contributed by atoms with Gasteiger partial charge in [-0.3, -0.25) is 9.59 Å². The Kier molecular flexibility index (Phi) is 4.57. The van der Waals surface area contributed by atoms with Gasteiger partial charge < -0.3 is 9.73 Å². The number of para-hydroxylation sites is 1. The molecule has 0 bridgehead atoms. The van der Waals surface area contributed by atoms with Crippen molar-refractivity contribution >= 4 is 28.7 Å². The van der Waals surface area contributed by atoms with Crippen molar-refractivity contribution in [1.82, 2.24) is 4.98 Å². The summed E-state index contributed by atoms with van der Waals surface area (Å²) in [6.07, 6.45) is 0.0902. The summed E-state index contributed by atoms with van der Waals surface area (Å²) in [6.45, 7) is 3.26. The lowest BCUT2D eigenvalue weighted by molar-refractivity contribution is -0.115. The molecule has 0 atom stereocenters. The maximum atomic E-state index is 12.3. The lowest BCUT2D eigenvalue weighted by atomic mass is 10.1. The van der Waals surface area contributed by atoms with Gasteiger partial charge in [0.2, 0.25) is 11.8 Å². The number of carbonyl (C=O) groups is 2. The van der Waals surface area contributed by atoms with Crippen LogP contribution in [0.2, 0.25) is 0 Å². The number of anilines is 1. The maximum Gasteiger partial charge on any atom is 0.236 e. The first-order chi connectivity index (χ1) is 11.5. The van der Waals surface area contributed by atoms with E-state index >= 15 is 0 Å². The van der Waals surface area contributed by atoms with E-state index in [0.717, 1.165) is 4.88 Å². The van der Waals surface area contributed by atoms with Gasteiger partial charge in [-0.25, -0.2) is 4.98 Å². The Bertz CT molecular complexity index is 882. The molecule has 0 aliphatic carbocycles. The van der Waals surface area contributed by atoms with Gasteiger partial charge in [-0.1, -0.05) is 18.2 Å². The third kappa shape index (κ3) is 3.44. The Hall–Kier alpha value is -2.73. The molecular weight excluding hydrogens is 324 g/mol. The van der Waals surface area contributed by atoms with Gasteiger partial charge in [-0.05, 0) is 37.4 Å². The van der Waals surface area contributed by atoms with Crippen LogP contribution in [-0.2, 0) is 11.2 Å². The van der Waals surface area contributed by atoms with Crippen LogP contribution in [0.4, 0.5) is 5.69 Å². The molecule has 0 saturated carbocycles. The van der Waals surface area contributed by atoms with Gasteiger partial charge in [0.05, 0.1) is 22.7 Å². The van der Waals surface area contributed by atoms with Crippen LogP contribution in [0.1, 0.15) is 28.7 Å². The number of rotatable bonds is 5. The number of aryl methyl sites for hydroxylation is 1. The number of amides is 1. The summed E-state index contributed by atoms with van der Waals surface area (Å²) in [4.78, 5) is 29.3. The highest BCUT2D eigenvalue weighted by atomic mass is 32.1. The molecule has 0 spiro atoms. The average Bonchev–Trinajstić information content (AvgIpc) is 3.18. The Morgan fingerprint density at radius 1 is 1.21 bits per heavy atom. The second kappa shape index (κ2) is 6.80. The van der Waals surface area contributed by atoms with Crippen molar-refractivity contribution in [2.75, 3.05) is 5.32 Å². The van der Waals surface area contributed by atoms with Crippen LogP contribution >= 0.6 is 11.3 Å². The Morgan fingerprint density at radius 2 is 2.00 bits per heavy atom. The largest absolute Gasteiger partial charge is 0.440 e. The molecule has 0 unspecified atom stereocenters. The Labute approximate surface area is 143 Å². The molecule has 5 nitrogen and oxygen atoms in total. The molecule has 0 aliphatic heterocycles. The number of hydrogen-bond donors (Lipinski definition) is 1. The van der Waals surface area contributed by atoms with Gasteiger partial charge in [-0.2, -0.15) is 0 Å². The SMILES string of the molecule is CC(=O)c1ccccc1NC(=O)Cc1nc(-c2cccs2)oc1C. The number of benzene rings is 1. The predicted molar refractivity (Wildman–Crippen MR) is 93.3 cm³/mol. The number of oxazole rings is 1. The van der Waals surface area contributed by atoms with Crippen LogP contribution in [0.3, 0.4) is 0 Å². The average molecular weight is 340 g/mol. The van der Waals surface area contributed by atoms with Gasteiger partial charge in [0.1, 0.15) is 5.76 Å². The van der Waals surface area contributed by atoms with Gasteiger partial charge in [0, 0.05) is 5.56 Å².